The molecule has 0 rings (SSSR count). The zero-order chi connectivity index (χ0) is 11.4. The number of nitrogens with one attached hydrogen (secondary N) is 1. The van der Waals surface area contributed by atoms with Crippen molar-refractivity contribution in [2.45, 2.75) is 25.8 Å². The van der Waals surface area contributed by atoms with E-state index in [0.29, 0.717) is 0 Å². The van der Waals surface area contributed by atoms with Crippen molar-refractivity contribution in [2.75, 3.05) is 12.3 Å². The van der Waals surface area contributed by atoms with Gasteiger partial charge in [-0.15, -0.1) is 0 Å². The minimum absolute atomic E-state index is 0.167. The highest BCUT2D eigenvalue weighted by Crippen LogP contribution is 1.95. The van der Waals surface area contributed by atoms with E-state index in [9.17, 15) is 13.2 Å². The third kappa shape index (κ3) is 6.81. The van der Waals surface area contributed by atoms with Gasteiger partial charge in [0.15, 0.2) is 0 Å². The molecule has 0 bridgehead atoms. The molecule has 7 heteroatoms. The Bertz CT molecular complexity index is 291. The van der Waals surface area contributed by atoms with Crippen LogP contribution < -0.4 is 11.1 Å². The van der Waals surface area contributed by atoms with Crippen LogP contribution >= 0.6 is 0 Å². The van der Waals surface area contributed by atoms with Gasteiger partial charge in [0, 0.05) is 6.54 Å². The minimum atomic E-state index is -3.94. The summed E-state index contributed by atoms with van der Waals surface area (Å²) in [5.74, 6) is -0.717. The van der Waals surface area contributed by atoms with Gasteiger partial charge in [-0.25, -0.2) is 0 Å². The second-order valence-corrected chi connectivity index (χ2v) is 5.19. The average molecular weight is 224 g/mol. The van der Waals surface area contributed by atoms with Crippen molar-refractivity contribution in [1.82, 2.24) is 5.32 Å². The van der Waals surface area contributed by atoms with E-state index in [1.165, 1.54) is 0 Å². The predicted octanol–water partition coefficient (Wildman–Crippen LogP) is -0.882. The second kappa shape index (κ2) is 4.72. The molecule has 14 heavy (non-hydrogen) atoms. The maximum absolute atomic E-state index is 11.1. The molecule has 0 heterocycles. The molecule has 0 aromatic carbocycles. The molecule has 0 atom stereocenters. The van der Waals surface area contributed by atoms with Crippen LogP contribution in [0.3, 0.4) is 0 Å². The molecule has 0 fully saturated rings. The topological polar surface area (TPSA) is 109 Å². The van der Waals surface area contributed by atoms with Crippen molar-refractivity contribution in [1.29, 1.82) is 0 Å². The monoisotopic (exact) mass is 224 g/mol. The minimum Gasteiger partial charge on any atom is -0.354 e. The number of hydrogen-bond donors (Lipinski definition) is 3. The molecule has 84 valence electrons. The zero-order valence-corrected chi connectivity index (χ0v) is 9.10. The maximum Gasteiger partial charge on any atom is 0.264 e. The molecule has 0 aliphatic rings. The number of rotatable bonds is 5. The quantitative estimate of drug-likeness (QED) is 0.415. The average Bonchev–Trinajstić information content (AvgIpc) is 1.93. The highest BCUT2D eigenvalue weighted by molar-refractivity contribution is 7.85. The van der Waals surface area contributed by atoms with Gasteiger partial charge in [-0.05, 0) is 20.3 Å². The molecule has 0 aliphatic heterocycles. The smallest absolute Gasteiger partial charge is 0.264 e. The van der Waals surface area contributed by atoms with Gasteiger partial charge in [0.1, 0.15) is 0 Å². The van der Waals surface area contributed by atoms with Crippen LogP contribution in [0.2, 0.25) is 0 Å². The molecule has 0 aliphatic carbocycles. The Morgan fingerprint density at radius 3 is 2.36 bits per heavy atom. The van der Waals surface area contributed by atoms with Gasteiger partial charge >= 0.3 is 0 Å². The fourth-order valence-corrected chi connectivity index (χ4v) is 1.19. The molecule has 0 spiro atoms. The molecular formula is C7H16N2O4S. The van der Waals surface area contributed by atoms with E-state index < -0.39 is 15.7 Å². The molecule has 4 N–H and O–H groups in total. The molecule has 0 aromatic rings. The first-order chi connectivity index (χ1) is 6.13. The summed E-state index contributed by atoms with van der Waals surface area (Å²) in [5.41, 5.74) is 4.49. The van der Waals surface area contributed by atoms with Gasteiger partial charge in [-0.3, -0.25) is 9.35 Å². The fourth-order valence-electron chi connectivity index (χ4n) is 0.684. The third-order valence-corrected chi connectivity index (χ3v) is 2.25. The first-order valence-corrected chi connectivity index (χ1v) is 5.76. The van der Waals surface area contributed by atoms with Crippen LogP contribution in [0.15, 0.2) is 0 Å². The fraction of sp³-hybridized carbons (Fsp3) is 0.857. The van der Waals surface area contributed by atoms with Crippen LogP contribution in [-0.2, 0) is 14.9 Å². The largest absolute Gasteiger partial charge is 0.354 e. The van der Waals surface area contributed by atoms with E-state index in [1.807, 2.05) is 0 Å². The number of carbonyl (C=O) groups is 1. The summed E-state index contributed by atoms with van der Waals surface area (Å²) >= 11 is 0. The van der Waals surface area contributed by atoms with Crippen LogP contribution in [0.25, 0.3) is 0 Å². The van der Waals surface area contributed by atoms with Gasteiger partial charge in [0.25, 0.3) is 10.1 Å². The summed E-state index contributed by atoms with van der Waals surface area (Å²) in [6.07, 6.45) is 0.167. The zero-order valence-electron chi connectivity index (χ0n) is 8.28. The van der Waals surface area contributed by atoms with Crippen molar-refractivity contribution >= 4 is 16.0 Å². The van der Waals surface area contributed by atoms with Crippen LogP contribution in [0, 0.1) is 0 Å². The molecule has 6 nitrogen and oxygen atoms in total. The van der Waals surface area contributed by atoms with Gasteiger partial charge in [0.2, 0.25) is 5.91 Å². The Labute approximate surface area is 83.6 Å². The van der Waals surface area contributed by atoms with Crippen molar-refractivity contribution in [3.8, 4) is 0 Å². The Balaban J connectivity index is 3.72. The number of carbonyl (C=O) groups excluding carboxylic acids is 1. The molecule has 1 amide bonds. The number of hydrogen-bond acceptors (Lipinski definition) is 4. The summed E-state index contributed by atoms with van der Waals surface area (Å²) in [4.78, 5) is 11.1. The SMILES string of the molecule is CC(C)(N)C(=O)NCCCS(=O)(=O)O. The molecule has 0 unspecified atom stereocenters. The lowest BCUT2D eigenvalue weighted by atomic mass is 10.1. The van der Waals surface area contributed by atoms with Crippen molar-refractivity contribution < 1.29 is 17.8 Å². The van der Waals surface area contributed by atoms with Crippen molar-refractivity contribution in [2.24, 2.45) is 5.73 Å². The summed E-state index contributed by atoms with van der Waals surface area (Å²) in [7, 11) is -3.94. The van der Waals surface area contributed by atoms with Crippen LogP contribution in [-0.4, -0.2) is 36.7 Å². The summed E-state index contributed by atoms with van der Waals surface area (Å²) in [6.45, 7) is 3.27. The first-order valence-electron chi connectivity index (χ1n) is 4.15. The highest BCUT2D eigenvalue weighted by Gasteiger charge is 2.20. The van der Waals surface area contributed by atoms with Crippen LogP contribution in [0.1, 0.15) is 20.3 Å². The first kappa shape index (κ1) is 13.3. The predicted molar refractivity (Wildman–Crippen MR) is 52.3 cm³/mol. The Hall–Kier alpha value is -0.660. The number of nitrogens with two attached hydrogens (primary N) is 1. The number of amides is 1. The Morgan fingerprint density at radius 1 is 1.50 bits per heavy atom. The summed E-state index contributed by atoms with van der Waals surface area (Å²) < 4.78 is 29.0. The molecule has 0 saturated carbocycles. The van der Waals surface area contributed by atoms with Crippen LogP contribution in [0.5, 0.6) is 0 Å². The van der Waals surface area contributed by atoms with Crippen LogP contribution in [0.4, 0.5) is 0 Å². The normalized spacial score (nSPS) is 12.6. The Morgan fingerprint density at radius 2 is 2.00 bits per heavy atom. The van der Waals surface area contributed by atoms with E-state index >= 15 is 0 Å². The van der Waals surface area contributed by atoms with E-state index in [2.05, 4.69) is 5.32 Å². The van der Waals surface area contributed by atoms with E-state index in [4.69, 9.17) is 10.3 Å². The van der Waals surface area contributed by atoms with E-state index in [1.54, 1.807) is 13.8 Å². The van der Waals surface area contributed by atoms with Gasteiger partial charge in [-0.2, -0.15) is 8.42 Å². The van der Waals surface area contributed by atoms with Crippen molar-refractivity contribution in [3.05, 3.63) is 0 Å². The standard InChI is InChI=1S/C7H16N2O4S/c1-7(2,8)6(10)9-4-3-5-14(11,12)13/h3-5,8H2,1-2H3,(H,9,10)(H,11,12,13). The second-order valence-electron chi connectivity index (χ2n) is 3.62. The molecule has 0 saturated heterocycles. The lowest BCUT2D eigenvalue weighted by Crippen LogP contribution is -2.49. The molecule has 0 aromatic heterocycles. The highest BCUT2D eigenvalue weighted by atomic mass is 32.2. The molecular weight excluding hydrogens is 208 g/mol. The van der Waals surface area contributed by atoms with Gasteiger partial charge < -0.3 is 11.1 Å². The lowest BCUT2D eigenvalue weighted by Gasteiger charge is -2.17. The van der Waals surface area contributed by atoms with Gasteiger partial charge in [0.05, 0.1) is 11.3 Å². The summed E-state index contributed by atoms with van der Waals surface area (Å²) in [6, 6.07) is 0. The maximum atomic E-state index is 11.1. The van der Waals surface area contributed by atoms with Crippen molar-refractivity contribution in [3.63, 3.8) is 0 Å². The lowest BCUT2D eigenvalue weighted by molar-refractivity contribution is -0.125. The third-order valence-electron chi connectivity index (χ3n) is 1.45. The summed E-state index contributed by atoms with van der Waals surface area (Å²) in [5, 5.41) is 2.46. The van der Waals surface area contributed by atoms with E-state index in [-0.39, 0.29) is 24.6 Å². The van der Waals surface area contributed by atoms with E-state index in [0.717, 1.165) is 0 Å². The Kier molecular flexibility index (Phi) is 4.50. The molecule has 0 radical (unpaired) electrons. The van der Waals surface area contributed by atoms with Gasteiger partial charge in [-0.1, -0.05) is 0 Å².